The number of nitrogen functional groups attached to an aromatic ring is 1. The fraction of sp³-hybridized carbons (Fsp3) is 0.200. The molecule has 20 heavy (non-hydrogen) atoms. The van der Waals surface area contributed by atoms with Crippen LogP contribution >= 0.6 is 0 Å². The molecular formula is C15H14N2O3. The van der Waals surface area contributed by atoms with Crippen LogP contribution in [-0.2, 0) is 6.42 Å². The normalized spacial score (nSPS) is 17.1. The molecule has 3 rings (SSSR count). The number of rotatable bonds is 2. The Kier molecular flexibility index (Phi) is 3.02. The fourth-order valence-corrected chi connectivity index (χ4v) is 2.49. The molecule has 0 spiro atoms. The number of hydrogen-bond donors (Lipinski definition) is 2. The van der Waals surface area contributed by atoms with Crippen LogP contribution in [0.1, 0.15) is 34.1 Å². The molecule has 0 fully saturated rings. The molecule has 1 atom stereocenters. The van der Waals surface area contributed by atoms with Crippen molar-refractivity contribution in [3.63, 3.8) is 0 Å². The highest BCUT2D eigenvalue weighted by Crippen LogP contribution is 2.35. The van der Waals surface area contributed by atoms with Crippen LogP contribution in [0.15, 0.2) is 36.5 Å². The minimum Gasteiger partial charge on any atom is -0.484 e. The van der Waals surface area contributed by atoms with Gasteiger partial charge in [0.2, 0.25) is 0 Å². The van der Waals surface area contributed by atoms with Crippen LogP contribution in [0.3, 0.4) is 0 Å². The Morgan fingerprint density at radius 2 is 2.15 bits per heavy atom. The molecule has 0 saturated carbocycles. The summed E-state index contributed by atoms with van der Waals surface area (Å²) in [5.41, 5.74) is 7.52. The van der Waals surface area contributed by atoms with E-state index in [4.69, 9.17) is 10.5 Å². The molecule has 1 unspecified atom stereocenters. The molecule has 5 nitrogen and oxygen atoms in total. The van der Waals surface area contributed by atoms with Gasteiger partial charge in [0.1, 0.15) is 17.4 Å². The van der Waals surface area contributed by atoms with Gasteiger partial charge < -0.3 is 15.6 Å². The van der Waals surface area contributed by atoms with E-state index >= 15 is 0 Å². The summed E-state index contributed by atoms with van der Waals surface area (Å²) in [6.45, 7) is 0. The van der Waals surface area contributed by atoms with Gasteiger partial charge in [0, 0.05) is 11.9 Å². The van der Waals surface area contributed by atoms with Crippen LogP contribution in [0.25, 0.3) is 0 Å². The minimum absolute atomic E-state index is 0.0388. The zero-order valence-electron chi connectivity index (χ0n) is 10.7. The molecule has 2 aromatic rings. The number of carbonyl (C=O) groups is 1. The number of aryl methyl sites for hydroxylation is 1. The van der Waals surface area contributed by atoms with Gasteiger partial charge in [0.15, 0.2) is 0 Å². The third-order valence-corrected chi connectivity index (χ3v) is 3.45. The van der Waals surface area contributed by atoms with Gasteiger partial charge >= 0.3 is 5.97 Å². The van der Waals surface area contributed by atoms with Crippen molar-refractivity contribution >= 4 is 11.7 Å². The van der Waals surface area contributed by atoms with E-state index in [1.165, 1.54) is 12.3 Å². The zero-order valence-corrected chi connectivity index (χ0v) is 10.7. The first-order valence-corrected chi connectivity index (χ1v) is 6.39. The first-order valence-electron chi connectivity index (χ1n) is 6.39. The molecule has 0 radical (unpaired) electrons. The Balaban J connectivity index is 2.00. The third-order valence-electron chi connectivity index (χ3n) is 3.45. The Labute approximate surface area is 116 Å². The van der Waals surface area contributed by atoms with E-state index in [1.807, 2.05) is 24.3 Å². The number of pyridine rings is 1. The molecule has 5 heteroatoms. The summed E-state index contributed by atoms with van der Waals surface area (Å²) < 4.78 is 5.88. The maximum Gasteiger partial charge on any atom is 0.339 e. The number of ether oxygens (including phenoxy) is 1. The van der Waals surface area contributed by atoms with Crippen molar-refractivity contribution in [3.8, 4) is 5.75 Å². The van der Waals surface area contributed by atoms with Crippen molar-refractivity contribution in [2.45, 2.75) is 18.9 Å². The second-order valence-electron chi connectivity index (χ2n) is 4.72. The molecule has 1 aromatic heterocycles. The summed E-state index contributed by atoms with van der Waals surface area (Å²) in [5, 5.41) is 9.30. The number of benzene rings is 1. The molecule has 0 aliphatic carbocycles. The summed E-state index contributed by atoms with van der Waals surface area (Å²) in [6, 6.07) is 9.24. The maximum absolute atomic E-state index is 11.4. The molecule has 0 bridgehead atoms. The Bertz CT molecular complexity index is 670. The van der Waals surface area contributed by atoms with Crippen LogP contribution in [-0.4, -0.2) is 16.1 Å². The van der Waals surface area contributed by atoms with Gasteiger partial charge in [-0.1, -0.05) is 18.2 Å². The second kappa shape index (κ2) is 4.85. The molecule has 3 N–H and O–H groups in total. The lowest BCUT2D eigenvalue weighted by molar-refractivity contribution is 0.0689. The number of nitrogens with two attached hydrogens (primary N) is 1. The van der Waals surface area contributed by atoms with Gasteiger partial charge in [-0.15, -0.1) is 0 Å². The second-order valence-corrected chi connectivity index (χ2v) is 4.72. The third kappa shape index (κ3) is 2.07. The van der Waals surface area contributed by atoms with Crippen molar-refractivity contribution in [2.75, 3.05) is 5.73 Å². The van der Waals surface area contributed by atoms with Crippen molar-refractivity contribution in [3.05, 3.63) is 53.3 Å². The van der Waals surface area contributed by atoms with E-state index in [2.05, 4.69) is 4.98 Å². The number of hydrogen-bond acceptors (Lipinski definition) is 4. The van der Waals surface area contributed by atoms with Crippen molar-refractivity contribution in [1.29, 1.82) is 0 Å². The predicted molar refractivity (Wildman–Crippen MR) is 73.7 cm³/mol. The summed E-state index contributed by atoms with van der Waals surface area (Å²) in [7, 11) is 0. The fourth-order valence-electron chi connectivity index (χ4n) is 2.49. The number of carboxylic acid groups (broad SMARTS) is 1. The van der Waals surface area contributed by atoms with Crippen molar-refractivity contribution in [2.24, 2.45) is 0 Å². The monoisotopic (exact) mass is 270 g/mol. The van der Waals surface area contributed by atoms with Gasteiger partial charge in [-0.25, -0.2) is 4.79 Å². The lowest BCUT2D eigenvalue weighted by Crippen LogP contribution is -2.20. The summed E-state index contributed by atoms with van der Waals surface area (Å²) in [5.74, 6) is -0.294. The number of aromatic carboxylic acids is 1. The van der Waals surface area contributed by atoms with Gasteiger partial charge in [-0.05, 0) is 30.5 Å². The average molecular weight is 270 g/mol. The van der Waals surface area contributed by atoms with E-state index in [9.17, 15) is 9.90 Å². The van der Waals surface area contributed by atoms with Gasteiger partial charge in [0.05, 0.1) is 5.69 Å². The van der Waals surface area contributed by atoms with E-state index in [-0.39, 0.29) is 17.4 Å². The number of fused-ring (bicyclic) bond motifs is 1. The standard InChI is InChI=1S/C15H14N2O3/c16-10-7-8-17-14(13(10)15(18)19)12-6-5-9-3-1-2-4-11(9)20-12/h1-4,7-8,12H,5-6H2,(H2,16,17)(H,18,19). The van der Waals surface area contributed by atoms with Crippen LogP contribution in [0.5, 0.6) is 5.75 Å². The molecule has 2 heterocycles. The van der Waals surface area contributed by atoms with E-state index in [0.717, 1.165) is 17.7 Å². The first-order chi connectivity index (χ1) is 9.66. The summed E-state index contributed by atoms with van der Waals surface area (Å²) in [6.07, 6.45) is 2.66. The molecular weight excluding hydrogens is 256 g/mol. The lowest BCUT2D eigenvalue weighted by atomic mass is 9.97. The van der Waals surface area contributed by atoms with Gasteiger partial charge in [-0.3, -0.25) is 4.98 Å². The summed E-state index contributed by atoms with van der Waals surface area (Å²) >= 11 is 0. The highest BCUT2D eigenvalue weighted by Gasteiger charge is 2.27. The zero-order chi connectivity index (χ0) is 14.1. The lowest BCUT2D eigenvalue weighted by Gasteiger charge is -2.26. The Morgan fingerprint density at radius 3 is 2.95 bits per heavy atom. The molecule has 0 amide bonds. The summed E-state index contributed by atoms with van der Waals surface area (Å²) in [4.78, 5) is 15.5. The molecule has 1 aromatic carbocycles. The van der Waals surface area contributed by atoms with E-state index in [1.54, 1.807) is 0 Å². The van der Waals surface area contributed by atoms with E-state index in [0.29, 0.717) is 12.1 Å². The smallest absolute Gasteiger partial charge is 0.339 e. The molecule has 1 aliphatic heterocycles. The van der Waals surface area contributed by atoms with Crippen LogP contribution in [0, 0.1) is 0 Å². The SMILES string of the molecule is Nc1ccnc(C2CCc3ccccc3O2)c1C(=O)O. The predicted octanol–water partition coefficient (Wildman–Crippen LogP) is 2.43. The van der Waals surface area contributed by atoms with Crippen LogP contribution in [0.4, 0.5) is 5.69 Å². The number of nitrogens with zero attached hydrogens (tertiary/aromatic N) is 1. The van der Waals surface area contributed by atoms with E-state index < -0.39 is 5.97 Å². The number of para-hydroxylation sites is 1. The first kappa shape index (κ1) is 12.5. The minimum atomic E-state index is -1.08. The average Bonchev–Trinajstić information content (AvgIpc) is 2.46. The quantitative estimate of drug-likeness (QED) is 0.875. The number of carboxylic acids is 1. The van der Waals surface area contributed by atoms with Gasteiger partial charge in [0.25, 0.3) is 0 Å². The Morgan fingerprint density at radius 1 is 1.35 bits per heavy atom. The van der Waals surface area contributed by atoms with Crippen LogP contribution in [0.2, 0.25) is 0 Å². The number of aromatic nitrogens is 1. The number of anilines is 1. The van der Waals surface area contributed by atoms with Gasteiger partial charge in [-0.2, -0.15) is 0 Å². The molecule has 1 aliphatic rings. The molecule has 102 valence electrons. The van der Waals surface area contributed by atoms with Crippen molar-refractivity contribution < 1.29 is 14.6 Å². The topological polar surface area (TPSA) is 85.4 Å². The van der Waals surface area contributed by atoms with Crippen molar-refractivity contribution in [1.82, 2.24) is 4.98 Å². The van der Waals surface area contributed by atoms with Crippen LogP contribution < -0.4 is 10.5 Å². The highest BCUT2D eigenvalue weighted by molar-refractivity contribution is 5.94. The Hall–Kier alpha value is -2.56. The highest BCUT2D eigenvalue weighted by atomic mass is 16.5. The largest absolute Gasteiger partial charge is 0.484 e. The molecule has 0 saturated heterocycles. The maximum atomic E-state index is 11.4.